The predicted molar refractivity (Wildman–Crippen MR) is 94.8 cm³/mol. The topological polar surface area (TPSA) is 98.1 Å². The van der Waals surface area contributed by atoms with E-state index in [2.05, 4.69) is 20.6 Å². The molecule has 1 aliphatic rings. The van der Waals surface area contributed by atoms with Gasteiger partial charge in [-0.25, -0.2) is 4.98 Å². The third-order valence-electron chi connectivity index (χ3n) is 4.30. The Kier molecular flexibility index (Phi) is 5.96. The van der Waals surface area contributed by atoms with Gasteiger partial charge in [0.2, 0.25) is 0 Å². The van der Waals surface area contributed by atoms with Gasteiger partial charge in [-0.2, -0.15) is 0 Å². The van der Waals surface area contributed by atoms with Crippen molar-refractivity contribution in [2.45, 2.75) is 32.4 Å². The summed E-state index contributed by atoms with van der Waals surface area (Å²) in [4.78, 5) is 33.4. The molecule has 2 aromatic rings. The van der Waals surface area contributed by atoms with Crippen molar-refractivity contribution in [2.24, 2.45) is 0 Å². The number of nitrogens with one attached hydrogen (secondary N) is 2. The zero-order chi connectivity index (χ0) is 18.4. The minimum absolute atomic E-state index is 0.268. The van der Waals surface area contributed by atoms with Gasteiger partial charge in [-0.15, -0.1) is 0 Å². The molecule has 0 spiro atoms. The second kappa shape index (κ2) is 8.57. The van der Waals surface area contributed by atoms with Crippen molar-refractivity contribution in [3.63, 3.8) is 0 Å². The van der Waals surface area contributed by atoms with Crippen LogP contribution in [0.15, 0.2) is 24.5 Å². The Morgan fingerprint density at radius 3 is 2.92 bits per heavy atom. The summed E-state index contributed by atoms with van der Waals surface area (Å²) < 4.78 is 6.81. The van der Waals surface area contributed by atoms with E-state index in [-0.39, 0.29) is 11.8 Å². The largest absolute Gasteiger partial charge is 0.383 e. The molecule has 3 heterocycles. The van der Waals surface area contributed by atoms with Crippen molar-refractivity contribution in [1.29, 1.82) is 0 Å². The van der Waals surface area contributed by atoms with E-state index in [0.29, 0.717) is 37.8 Å². The summed E-state index contributed by atoms with van der Waals surface area (Å²) >= 11 is 0. The Morgan fingerprint density at radius 1 is 1.27 bits per heavy atom. The Morgan fingerprint density at radius 2 is 2.15 bits per heavy atom. The number of rotatable bonds is 7. The van der Waals surface area contributed by atoms with Crippen LogP contribution in [0.3, 0.4) is 0 Å². The van der Waals surface area contributed by atoms with E-state index in [0.717, 1.165) is 30.5 Å². The zero-order valence-electron chi connectivity index (χ0n) is 14.8. The lowest BCUT2D eigenvalue weighted by Gasteiger charge is -2.17. The number of amides is 2. The quantitative estimate of drug-likeness (QED) is 0.718. The molecular weight excluding hydrogens is 334 g/mol. The number of hydrogen-bond acceptors (Lipinski definition) is 5. The Balaban J connectivity index is 1.76. The highest BCUT2D eigenvalue weighted by Crippen LogP contribution is 2.21. The molecule has 0 unspecified atom stereocenters. The first-order chi connectivity index (χ1) is 12.7. The molecule has 0 fully saturated rings. The molecule has 138 valence electrons. The molecule has 2 N–H and O–H groups in total. The van der Waals surface area contributed by atoms with Gasteiger partial charge in [-0.1, -0.05) is 6.07 Å². The average Bonchev–Trinajstić information content (AvgIpc) is 3.07. The van der Waals surface area contributed by atoms with Crippen molar-refractivity contribution in [3.05, 3.63) is 47.3 Å². The van der Waals surface area contributed by atoms with Crippen LogP contribution in [0.5, 0.6) is 0 Å². The fourth-order valence-electron chi connectivity index (χ4n) is 3.01. The minimum Gasteiger partial charge on any atom is -0.383 e. The van der Waals surface area contributed by atoms with E-state index >= 15 is 0 Å². The number of nitrogens with zero attached hydrogens (tertiary/aromatic N) is 3. The number of methoxy groups -OCH3 is 1. The van der Waals surface area contributed by atoms with Gasteiger partial charge in [0, 0.05) is 39.1 Å². The molecule has 1 aliphatic heterocycles. The third-order valence-corrected chi connectivity index (χ3v) is 4.30. The van der Waals surface area contributed by atoms with Crippen LogP contribution in [-0.2, 0) is 24.2 Å². The van der Waals surface area contributed by atoms with Crippen LogP contribution in [0.2, 0.25) is 0 Å². The second-order valence-electron chi connectivity index (χ2n) is 6.13. The highest BCUT2D eigenvalue weighted by Gasteiger charge is 2.27. The maximum absolute atomic E-state index is 12.6. The van der Waals surface area contributed by atoms with Crippen LogP contribution in [0.1, 0.15) is 45.2 Å². The molecule has 0 aliphatic carbocycles. The lowest BCUT2D eigenvalue weighted by Crippen LogP contribution is -2.30. The summed E-state index contributed by atoms with van der Waals surface area (Å²) in [7, 11) is 1.58. The highest BCUT2D eigenvalue weighted by molar-refractivity contribution is 5.97. The summed E-state index contributed by atoms with van der Waals surface area (Å²) in [6, 6.07) is 3.72. The molecule has 2 aromatic heterocycles. The first kappa shape index (κ1) is 18.1. The predicted octanol–water partition coefficient (Wildman–Crippen LogP) is 0.921. The lowest BCUT2D eigenvalue weighted by molar-refractivity contribution is 0.0921. The summed E-state index contributed by atoms with van der Waals surface area (Å²) in [5.41, 5.74) is 2.08. The molecule has 0 aromatic carbocycles. The number of pyridine rings is 1. The number of fused-ring (bicyclic) bond motifs is 1. The molecule has 8 heteroatoms. The van der Waals surface area contributed by atoms with E-state index in [1.807, 2.05) is 16.7 Å². The maximum atomic E-state index is 12.6. The summed E-state index contributed by atoms with van der Waals surface area (Å²) in [5, 5.41) is 5.64. The average molecular weight is 357 g/mol. The van der Waals surface area contributed by atoms with Crippen molar-refractivity contribution >= 4 is 11.8 Å². The number of carbonyl (C=O) groups excluding carboxylic acids is 2. The van der Waals surface area contributed by atoms with Gasteiger partial charge in [-0.3, -0.25) is 14.6 Å². The molecule has 3 rings (SSSR count). The number of aromatic nitrogens is 3. The van der Waals surface area contributed by atoms with Crippen molar-refractivity contribution in [2.75, 3.05) is 20.3 Å². The molecule has 0 bridgehead atoms. The van der Waals surface area contributed by atoms with Gasteiger partial charge < -0.3 is 19.9 Å². The first-order valence-corrected chi connectivity index (χ1v) is 8.74. The fourth-order valence-corrected chi connectivity index (χ4v) is 3.01. The normalized spacial score (nSPS) is 13.1. The molecule has 0 saturated carbocycles. The van der Waals surface area contributed by atoms with E-state index in [1.165, 1.54) is 0 Å². The van der Waals surface area contributed by atoms with Crippen LogP contribution >= 0.6 is 0 Å². The van der Waals surface area contributed by atoms with E-state index < -0.39 is 0 Å². The van der Waals surface area contributed by atoms with Gasteiger partial charge in [0.25, 0.3) is 11.8 Å². The Labute approximate surface area is 152 Å². The van der Waals surface area contributed by atoms with Crippen LogP contribution < -0.4 is 10.6 Å². The zero-order valence-corrected chi connectivity index (χ0v) is 14.8. The fraction of sp³-hybridized carbons (Fsp3) is 0.444. The van der Waals surface area contributed by atoms with Gasteiger partial charge in [0.05, 0.1) is 12.3 Å². The lowest BCUT2D eigenvalue weighted by atomic mass is 10.1. The van der Waals surface area contributed by atoms with E-state index in [4.69, 9.17) is 4.74 Å². The highest BCUT2D eigenvalue weighted by atomic mass is 16.5. The monoisotopic (exact) mass is 357 g/mol. The smallest absolute Gasteiger partial charge is 0.287 e. The van der Waals surface area contributed by atoms with E-state index in [9.17, 15) is 9.59 Å². The van der Waals surface area contributed by atoms with Gasteiger partial charge in [0.15, 0.2) is 5.82 Å². The molecule has 8 nitrogen and oxygen atoms in total. The summed E-state index contributed by atoms with van der Waals surface area (Å²) in [5.74, 6) is -0.255. The molecular formula is C18H23N5O3. The molecule has 2 amide bonds. The number of carbonyl (C=O) groups is 2. The van der Waals surface area contributed by atoms with Crippen LogP contribution in [0.25, 0.3) is 0 Å². The first-order valence-electron chi connectivity index (χ1n) is 8.74. The molecule has 0 saturated heterocycles. The Bertz CT molecular complexity index is 773. The van der Waals surface area contributed by atoms with Crippen molar-refractivity contribution in [1.82, 2.24) is 25.2 Å². The second-order valence-corrected chi connectivity index (χ2v) is 6.13. The number of hydrogen-bond donors (Lipinski definition) is 2. The van der Waals surface area contributed by atoms with Crippen LogP contribution in [0, 0.1) is 0 Å². The van der Waals surface area contributed by atoms with Gasteiger partial charge >= 0.3 is 0 Å². The molecule has 26 heavy (non-hydrogen) atoms. The SMILES string of the molecule is COCCNC(=O)c1nc(C(=O)NCc2cccnc2)c2n1CCCC2. The Hall–Kier alpha value is -2.74. The van der Waals surface area contributed by atoms with Crippen molar-refractivity contribution in [3.8, 4) is 0 Å². The number of imidazole rings is 1. The third kappa shape index (κ3) is 4.08. The number of ether oxygens (including phenoxy) is 1. The van der Waals surface area contributed by atoms with Crippen LogP contribution in [-0.4, -0.2) is 46.6 Å². The van der Waals surface area contributed by atoms with Gasteiger partial charge in [-0.05, 0) is 30.9 Å². The summed E-state index contributed by atoms with van der Waals surface area (Å²) in [6.45, 7) is 1.90. The molecule has 0 radical (unpaired) electrons. The van der Waals surface area contributed by atoms with Gasteiger partial charge in [0.1, 0.15) is 5.69 Å². The van der Waals surface area contributed by atoms with E-state index in [1.54, 1.807) is 19.5 Å². The van der Waals surface area contributed by atoms with Crippen molar-refractivity contribution < 1.29 is 14.3 Å². The van der Waals surface area contributed by atoms with Crippen LogP contribution in [0.4, 0.5) is 0 Å². The molecule has 0 atom stereocenters. The maximum Gasteiger partial charge on any atom is 0.287 e. The minimum atomic E-state index is -0.281. The summed E-state index contributed by atoms with van der Waals surface area (Å²) in [6.07, 6.45) is 6.09. The standard InChI is InChI=1S/C18H23N5O3/c1-26-10-8-20-18(25)16-22-15(14-6-2-3-9-23(14)16)17(24)21-12-13-5-4-7-19-11-13/h4-5,7,11H,2-3,6,8-10,12H2,1H3,(H,20,25)(H,21,24).